The zero-order valence-electron chi connectivity index (χ0n) is 18.1. The first-order valence-electron chi connectivity index (χ1n) is 9.89. The van der Waals surface area contributed by atoms with Gasteiger partial charge >= 0.3 is 0 Å². The summed E-state index contributed by atoms with van der Waals surface area (Å²) in [4.78, 5) is 10.8. The fraction of sp³-hybridized carbons (Fsp3) is 0.300. The van der Waals surface area contributed by atoms with E-state index in [1.807, 2.05) is 0 Å². The molecular weight excluding hydrogens is 616 g/mol. The molecule has 2 aliphatic heterocycles. The molecule has 0 spiro atoms. The predicted octanol–water partition coefficient (Wildman–Crippen LogP) is 3.53. The van der Waals surface area contributed by atoms with Crippen molar-refractivity contribution in [3.8, 4) is 0 Å². The molecule has 2 aliphatic rings. The van der Waals surface area contributed by atoms with Crippen LogP contribution in [-0.4, -0.2) is 40.2 Å². The van der Waals surface area contributed by atoms with Gasteiger partial charge in [-0.25, -0.2) is 26.3 Å². The average molecular weight is 638 g/mol. The van der Waals surface area contributed by atoms with Crippen molar-refractivity contribution in [2.45, 2.75) is 34.8 Å². The number of rotatable bonds is 6. The maximum Gasteiger partial charge on any atom is 0.240 e. The second-order valence-electron chi connectivity index (χ2n) is 7.08. The van der Waals surface area contributed by atoms with E-state index in [-0.39, 0.29) is 22.0 Å². The van der Waals surface area contributed by atoms with Crippen molar-refractivity contribution in [3.63, 3.8) is 0 Å². The van der Waals surface area contributed by atoms with Gasteiger partial charge in [0.2, 0.25) is 20.0 Å². The van der Waals surface area contributed by atoms with Gasteiger partial charge < -0.3 is 9.68 Å². The van der Waals surface area contributed by atoms with Gasteiger partial charge in [0.15, 0.2) is 12.2 Å². The van der Waals surface area contributed by atoms with E-state index >= 15 is 0 Å². The summed E-state index contributed by atoms with van der Waals surface area (Å²) < 4.78 is 52.1. The summed E-state index contributed by atoms with van der Waals surface area (Å²) >= 11 is 6.50. The van der Waals surface area contributed by atoms with Gasteiger partial charge in [-0.3, -0.25) is 0 Å². The average Bonchev–Trinajstić information content (AvgIpc) is 3.48. The summed E-state index contributed by atoms with van der Waals surface area (Å²) in [6.07, 6.45) is 1.04. The van der Waals surface area contributed by atoms with Gasteiger partial charge in [0.25, 0.3) is 0 Å². The summed E-state index contributed by atoms with van der Waals surface area (Å²) in [5.74, 6) is 0. The smallest absolute Gasteiger partial charge is 0.240 e. The van der Waals surface area contributed by atoms with Crippen molar-refractivity contribution in [3.05, 3.63) is 59.7 Å². The fourth-order valence-electron chi connectivity index (χ4n) is 3.01. The minimum absolute atomic E-state index is 0.143. The molecule has 2 N–H and O–H groups in total. The lowest BCUT2D eigenvalue weighted by Crippen LogP contribution is -2.18. The van der Waals surface area contributed by atoms with E-state index in [0.717, 1.165) is 20.4 Å². The first-order chi connectivity index (χ1) is 16.1. The molecule has 0 aromatic heterocycles. The first kappa shape index (κ1) is 26.8. The number of sulfonamides is 2. The van der Waals surface area contributed by atoms with Crippen molar-refractivity contribution in [1.82, 2.24) is 9.44 Å². The molecule has 4 rings (SSSR count). The van der Waals surface area contributed by atoms with Crippen LogP contribution >= 0.6 is 31.9 Å². The first-order valence-corrected chi connectivity index (χ1v) is 14.4. The van der Waals surface area contributed by atoms with Crippen LogP contribution in [-0.2, 0) is 29.7 Å². The molecule has 0 aliphatic carbocycles. The molecule has 2 aromatic carbocycles. The van der Waals surface area contributed by atoms with Gasteiger partial charge in [-0.05, 0) is 81.3 Å². The highest BCUT2D eigenvalue weighted by Crippen LogP contribution is 2.30. The van der Waals surface area contributed by atoms with E-state index in [1.165, 1.54) is 14.1 Å². The molecule has 0 amide bonds. The molecule has 34 heavy (non-hydrogen) atoms. The monoisotopic (exact) mass is 636 g/mol. The van der Waals surface area contributed by atoms with E-state index in [0.29, 0.717) is 12.8 Å². The Morgan fingerprint density at radius 3 is 1.26 bits per heavy atom. The van der Waals surface area contributed by atoms with Crippen LogP contribution in [0.25, 0.3) is 0 Å². The second kappa shape index (κ2) is 11.3. The third kappa shape index (κ3) is 6.64. The molecule has 0 fully saturated rings. The molecule has 10 nitrogen and oxygen atoms in total. The van der Waals surface area contributed by atoms with Crippen LogP contribution in [0.2, 0.25) is 0 Å². The van der Waals surface area contributed by atoms with Crippen molar-refractivity contribution in [1.29, 1.82) is 0 Å². The number of halogens is 2. The fourth-order valence-corrected chi connectivity index (χ4v) is 5.23. The molecule has 2 aromatic rings. The van der Waals surface area contributed by atoms with Crippen molar-refractivity contribution in [2.75, 3.05) is 14.1 Å². The number of nitrogens with one attached hydrogen (secondary N) is 2. The SMILES string of the molecule is CNS(=O)(=O)c1ccc([C@@H]2CC(Br)=NO2)cc1.CNS(=O)(=O)c1ccc([C@H]2CC(Br)=NO2)cc1. The molecule has 2 atom stereocenters. The van der Waals surface area contributed by atoms with Crippen LogP contribution < -0.4 is 9.44 Å². The van der Waals surface area contributed by atoms with Crippen LogP contribution in [0, 0.1) is 0 Å². The Labute approximate surface area is 215 Å². The molecule has 14 heteroatoms. The summed E-state index contributed by atoms with van der Waals surface area (Å²) in [7, 11) is -3.99. The van der Waals surface area contributed by atoms with E-state index < -0.39 is 20.0 Å². The predicted molar refractivity (Wildman–Crippen MR) is 135 cm³/mol. The molecule has 0 unspecified atom stereocenters. The van der Waals surface area contributed by atoms with Crippen LogP contribution in [0.3, 0.4) is 0 Å². The van der Waals surface area contributed by atoms with E-state index in [4.69, 9.17) is 9.68 Å². The van der Waals surface area contributed by atoms with Crippen LogP contribution in [0.1, 0.15) is 36.2 Å². The highest BCUT2D eigenvalue weighted by Gasteiger charge is 2.23. The van der Waals surface area contributed by atoms with Crippen molar-refractivity contribution < 1.29 is 26.5 Å². The van der Waals surface area contributed by atoms with Gasteiger partial charge in [-0.1, -0.05) is 34.6 Å². The summed E-state index contributed by atoms with van der Waals surface area (Å²) in [5, 5.41) is 7.57. The van der Waals surface area contributed by atoms with Gasteiger partial charge in [-0.15, -0.1) is 0 Å². The Bertz CT molecular complexity index is 1180. The summed E-state index contributed by atoms with van der Waals surface area (Å²) in [6, 6.07) is 13.1. The highest BCUT2D eigenvalue weighted by atomic mass is 79.9. The Balaban J connectivity index is 0.000000191. The van der Waals surface area contributed by atoms with Gasteiger partial charge in [-0.2, -0.15) is 0 Å². The molecular formula is C20H22Br2N4O6S2. The lowest BCUT2D eigenvalue weighted by molar-refractivity contribution is 0.0856. The zero-order valence-corrected chi connectivity index (χ0v) is 22.9. The number of oxime groups is 2. The number of benzene rings is 2. The summed E-state index contributed by atoms with van der Waals surface area (Å²) in [6.45, 7) is 0. The third-order valence-corrected chi connectivity index (χ3v) is 8.72. The summed E-state index contributed by atoms with van der Waals surface area (Å²) in [5.41, 5.74) is 1.80. The topological polar surface area (TPSA) is 136 Å². The number of hydrogen-bond acceptors (Lipinski definition) is 8. The minimum atomic E-state index is -3.38. The lowest BCUT2D eigenvalue weighted by atomic mass is 10.1. The molecule has 2 heterocycles. The number of hydrogen-bond donors (Lipinski definition) is 2. The Morgan fingerprint density at radius 1 is 0.706 bits per heavy atom. The minimum Gasteiger partial charge on any atom is -0.386 e. The second-order valence-corrected chi connectivity index (χ2v) is 12.7. The Kier molecular flexibility index (Phi) is 8.87. The van der Waals surface area contributed by atoms with E-state index in [2.05, 4.69) is 51.6 Å². The maximum absolute atomic E-state index is 11.5. The Morgan fingerprint density at radius 2 is 1.03 bits per heavy atom. The maximum atomic E-state index is 11.5. The van der Waals surface area contributed by atoms with E-state index in [9.17, 15) is 16.8 Å². The lowest BCUT2D eigenvalue weighted by Gasteiger charge is -2.09. The largest absolute Gasteiger partial charge is 0.386 e. The van der Waals surface area contributed by atoms with Gasteiger partial charge in [0.05, 0.1) is 9.79 Å². The van der Waals surface area contributed by atoms with Gasteiger partial charge in [0, 0.05) is 12.8 Å². The molecule has 184 valence electrons. The zero-order chi connectivity index (χ0) is 24.9. The normalized spacial score (nSPS) is 19.9. The quantitative estimate of drug-likeness (QED) is 0.498. The van der Waals surface area contributed by atoms with Crippen molar-refractivity contribution >= 4 is 61.1 Å². The van der Waals surface area contributed by atoms with Crippen molar-refractivity contribution in [2.24, 2.45) is 10.3 Å². The number of nitrogens with zero attached hydrogens (tertiary/aromatic N) is 2. The van der Waals surface area contributed by atoms with Crippen LogP contribution in [0.4, 0.5) is 0 Å². The van der Waals surface area contributed by atoms with E-state index in [1.54, 1.807) is 48.5 Å². The molecule has 0 saturated heterocycles. The third-order valence-electron chi connectivity index (χ3n) is 4.93. The van der Waals surface area contributed by atoms with Crippen LogP contribution in [0.5, 0.6) is 0 Å². The standard InChI is InChI=1S/2C10H11BrN2O3S/c2*1-12-17(14,15)8-4-2-7(3-5-8)9-6-10(11)13-16-9/h2*2-5,9,12H,6H2,1H3/t2*9-/m10/s1. The highest BCUT2D eigenvalue weighted by molar-refractivity contribution is 9.18. The molecule has 0 bridgehead atoms. The molecule has 0 saturated carbocycles. The van der Waals surface area contributed by atoms with Crippen LogP contribution in [0.15, 0.2) is 68.6 Å². The Hall–Kier alpha value is -1.84. The molecule has 0 radical (unpaired) electrons. The van der Waals surface area contributed by atoms with Gasteiger partial charge in [0.1, 0.15) is 9.24 Å².